The number of rotatable bonds is 4. The van der Waals surface area contributed by atoms with Gasteiger partial charge in [0.1, 0.15) is 12.4 Å². The summed E-state index contributed by atoms with van der Waals surface area (Å²) in [5.41, 5.74) is 6.67. The monoisotopic (exact) mass is 251 g/mol. The summed E-state index contributed by atoms with van der Waals surface area (Å²) in [6.45, 7) is 1.28. The molecular weight excluding hydrogens is 234 g/mol. The number of hydrogen-bond donors (Lipinski definition) is 1. The van der Waals surface area contributed by atoms with Crippen LogP contribution >= 0.6 is 0 Å². The maximum Gasteiger partial charge on any atom is 0.337 e. The Morgan fingerprint density at radius 2 is 2.39 bits per heavy atom. The fraction of sp³-hybridized carbons (Fsp3) is 0.462. The van der Waals surface area contributed by atoms with Gasteiger partial charge >= 0.3 is 5.97 Å². The second kappa shape index (κ2) is 5.73. The molecule has 2 N–H and O–H groups in total. The second-order valence-corrected chi connectivity index (χ2v) is 4.19. The Labute approximate surface area is 106 Å². The Kier molecular flexibility index (Phi) is 4.04. The smallest absolute Gasteiger partial charge is 0.337 e. The molecule has 0 amide bonds. The third-order valence-electron chi connectivity index (χ3n) is 2.88. The zero-order valence-corrected chi connectivity index (χ0v) is 10.3. The number of anilines is 1. The summed E-state index contributed by atoms with van der Waals surface area (Å²) >= 11 is 0. The summed E-state index contributed by atoms with van der Waals surface area (Å²) in [6, 6.07) is 4.86. The standard InChI is InChI=1S/C13H17NO4/c1-16-13(15)9-4-5-12(11(14)7-9)18-8-10-3-2-6-17-10/h4-5,7,10H,2-3,6,8,14H2,1H3. The molecule has 0 saturated carbocycles. The first-order valence-electron chi connectivity index (χ1n) is 5.93. The van der Waals surface area contributed by atoms with Crippen molar-refractivity contribution in [3.8, 4) is 5.75 Å². The fourth-order valence-corrected chi connectivity index (χ4v) is 1.88. The van der Waals surface area contributed by atoms with Crippen molar-refractivity contribution in [2.24, 2.45) is 0 Å². The summed E-state index contributed by atoms with van der Waals surface area (Å²) in [5.74, 6) is 0.158. The summed E-state index contributed by atoms with van der Waals surface area (Å²) < 4.78 is 15.7. The summed E-state index contributed by atoms with van der Waals surface area (Å²) in [4.78, 5) is 11.3. The van der Waals surface area contributed by atoms with Gasteiger partial charge in [0.05, 0.1) is 24.5 Å². The highest BCUT2D eigenvalue weighted by molar-refractivity contribution is 5.90. The van der Waals surface area contributed by atoms with Gasteiger partial charge < -0.3 is 19.9 Å². The molecule has 0 bridgehead atoms. The molecule has 1 heterocycles. The third-order valence-corrected chi connectivity index (χ3v) is 2.88. The van der Waals surface area contributed by atoms with Gasteiger partial charge in [-0.2, -0.15) is 0 Å². The van der Waals surface area contributed by atoms with Crippen molar-refractivity contribution < 1.29 is 19.0 Å². The van der Waals surface area contributed by atoms with E-state index < -0.39 is 5.97 Å². The van der Waals surface area contributed by atoms with Gasteiger partial charge in [-0.25, -0.2) is 4.79 Å². The number of methoxy groups -OCH3 is 1. The van der Waals surface area contributed by atoms with Crippen LogP contribution in [0.2, 0.25) is 0 Å². The molecule has 0 radical (unpaired) electrons. The first kappa shape index (κ1) is 12.7. The Bertz CT molecular complexity index is 427. The van der Waals surface area contributed by atoms with Crippen LogP contribution in [0.15, 0.2) is 18.2 Å². The molecule has 5 heteroatoms. The molecule has 2 rings (SSSR count). The van der Waals surface area contributed by atoms with Gasteiger partial charge in [-0.3, -0.25) is 0 Å². The molecule has 1 aromatic carbocycles. The third kappa shape index (κ3) is 2.92. The number of carbonyl (C=O) groups excluding carboxylic acids is 1. The van der Waals surface area contributed by atoms with Gasteiger partial charge in [-0.1, -0.05) is 0 Å². The fourth-order valence-electron chi connectivity index (χ4n) is 1.88. The minimum absolute atomic E-state index is 0.143. The number of nitrogen functional groups attached to an aromatic ring is 1. The summed E-state index contributed by atoms with van der Waals surface area (Å²) in [5, 5.41) is 0. The van der Waals surface area contributed by atoms with Crippen LogP contribution in [0.4, 0.5) is 5.69 Å². The quantitative estimate of drug-likeness (QED) is 0.650. The lowest BCUT2D eigenvalue weighted by Gasteiger charge is -2.13. The van der Waals surface area contributed by atoms with Gasteiger partial charge in [-0.05, 0) is 31.0 Å². The lowest BCUT2D eigenvalue weighted by atomic mass is 10.2. The zero-order valence-electron chi connectivity index (χ0n) is 10.3. The van der Waals surface area contributed by atoms with Crippen molar-refractivity contribution in [3.05, 3.63) is 23.8 Å². The molecule has 1 unspecified atom stereocenters. The minimum atomic E-state index is -0.410. The van der Waals surface area contributed by atoms with Crippen molar-refractivity contribution in [1.29, 1.82) is 0 Å². The van der Waals surface area contributed by atoms with Crippen molar-refractivity contribution in [2.45, 2.75) is 18.9 Å². The largest absolute Gasteiger partial charge is 0.489 e. The number of benzene rings is 1. The SMILES string of the molecule is COC(=O)c1ccc(OCC2CCCO2)c(N)c1. The van der Waals surface area contributed by atoms with Crippen LogP contribution in [0.1, 0.15) is 23.2 Å². The molecular formula is C13H17NO4. The van der Waals surface area contributed by atoms with Crippen LogP contribution in [0.5, 0.6) is 5.75 Å². The van der Waals surface area contributed by atoms with E-state index in [-0.39, 0.29) is 6.10 Å². The Morgan fingerprint density at radius 1 is 1.56 bits per heavy atom. The second-order valence-electron chi connectivity index (χ2n) is 4.19. The van der Waals surface area contributed by atoms with Gasteiger partial charge in [0.15, 0.2) is 0 Å². The molecule has 1 fully saturated rings. The Balaban J connectivity index is 1.98. The van der Waals surface area contributed by atoms with Crippen molar-refractivity contribution in [2.75, 3.05) is 26.1 Å². The molecule has 5 nitrogen and oxygen atoms in total. The number of esters is 1. The first-order chi connectivity index (χ1) is 8.70. The predicted octanol–water partition coefficient (Wildman–Crippen LogP) is 1.61. The number of hydrogen-bond acceptors (Lipinski definition) is 5. The molecule has 98 valence electrons. The van der Waals surface area contributed by atoms with Gasteiger partial charge in [0, 0.05) is 6.61 Å². The molecule has 1 saturated heterocycles. The lowest BCUT2D eigenvalue weighted by Crippen LogP contribution is -2.17. The Hall–Kier alpha value is -1.75. The lowest BCUT2D eigenvalue weighted by molar-refractivity contribution is 0.0599. The van der Waals surface area contributed by atoms with E-state index in [1.807, 2.05) is 0 Å². The molecule has 1 atom stereocenters. The van der Waals surface area contributed by atoms with Crippen molar-refractivity contribution >= 4 is 11.7 Å². The van der Waals surface area contributed by atoms with Gasteiger partial charge in [-0.15, -0.1) is 0 Å². The van der Waals surface area contributed by atoms with E-state index in [1.165, 1.54) is 7.11 Å². The average Bonchev–Trinajstić information content (AvgIpc) is 2.89. The minimum Gasteiger partial charge on any atom is -0.489 e. The van der Waals surface area contributed by atoms with E-state index in [2.05, 4.69) is 4.74 Å². The number of nitrogens with two attached hydrogens (primary N) is 1. The van der Waals surface area contributed by atoms with E-state index in [4.69, 9.17) is 15.2 Å². The summed E-state index contributed by atoms with van der Waals surface area (Å²) in [6.07, 6.45) is 2.23. The van der Waals surface area contributed by atoms with Crippen molar-refractivity contribution in [3.63, 3.8) is 0 Å². The van der Waals surface area contributed by atoms with E-state index in [1.54, 1.807) is 18.2 Å². The highest BCUT2D eigenvalue weighted by atomic mass is 16.5. The van der Waals surface area contributed by atoms with Crippen molar-refractivity contribution in [1.82, 2.24) is 0 Å². The summed E-state index contributed by atoms with van der Waals surface area (Å²) in [7, 11) is 1.33. The van der Waals surface area contributed by atoms with E-state index in [0.717, 1.165) is 19.4 Å². The van der Waals surface area contributed by atoms with E-state index in [0.29, 0.717) is 23.6 Å². The highest BCUT2D eigenvalue weighted by Crippen LogP contribution is 2.24. The zero-order chi connectivity index (χ0) is 13.0. The van der Waals surface area contributed by atoms with Crippen LogP contribution in [-0.4, -0.2) is 32.4 Å². The van der Waals surface area contributed by atoms with E-state index in [9.17, 15) is 4.79 Å². The van der Waals surface area contributed by atoms with Gasteiger partial charge in [0.25, 0.3) is 0 Å². The Morgan fingerprint density at radius 3 is 3.00 bits per heavy atom. The van der Waals surface area contributed by atoms with Gasteiger partial charge in [0.2, 0.25) is 0 Å². The molecule has 0 aromatic heterocycles. The average molecular weight is 251 g/mol. The normalized spacial score (nSPS) is 18.6. The van der Waals surface area contributed by atoms with Crippen LogP contribution in [-0.2, 0) is 9.47 Å². The maximum atomic E-state index is 11.3. The topological polar surface area (TPSA) is 70.8 Å². The molecule has 0 spiro atoms. The van der Waals surface area contributed by atoms with Crippen LogP contribution in [0.25, 0.3) is 0 Å². The molecule has 1 aliphatic rings. The molecule has 1 aromatic rings. The van der Waals surface area contributed by atoms with Crippen LogP contribution in [0, 0.1) is 0 Å². The molecule has 1 aliphatic heterocycles. The number of ether oxygens (including phenoxy) is 3. The predicted molar refractivity (Wildman–Crippen MR) is 66.7 cm³/mol. The number of carbonyl (C=O) groups is 1. The first-order valence-corrected chi connectivity index (χ1v) is 5.93. The highest BCUT2D eigenvalue weighted by Gasteiger charge is 2.17. The van der Waals surface area contributed by atoms with Crippen LogP contribution in [0.3, 0.4) is 0 Å². The van der Waals surface area contributed by atoms with Crippen LogP contribution < -0.4 is 10.5 Å². The maximum absolute atomic E-state index is 11.3. The molecule has 0 aliphatic carbocycles. The molecule has 18 heavy (non-hydrogen) atoms. The van der Waals surface area contributed by atoms with E-state index >= 15 is 0 Å².